The fourth-order valence-corrected chi connectivity index (χ4v) is 3.83. The molecular weight excluding hydrogens is 486 g/mol. The van der Waals surface area contributed by atoms with Crippen LogP contribution in [0.4, 0.5) is 11.5 Å². The number of amides is 1. The van der Waals surface area contributed by atoms with Crippen molar-refractivity contribution >= 4 is 62.4 Å². The number of hydrogen-bond acceptors (Lipinski definition) is 7. The Hall–Kier alpha value is -3.54. The Kier molecular flexibility index (Phi) is 7.93. The lowest BCUT2D eigenvalue weighted by Gasteiger charge is -2.10. The molecule has 0 spiro atoms. The Bertz CT molecular complexity index is 1280. The van der Waals surface area contributed by atoms with E-state index in [0.717, 1.165) is 5.56 Å². The molecule has 0 atom stereocenters. The smallest absolute Gasteiger partial charge is 0.263 e. The van der Waals surface area contributed by atoms with Gasteiger partial charge >= 0.3 is 0 Å². The van der Waals surface area contributed by atoms with Crippen LogP contribution < -0.4 is 20.1 Å². The molecule has 9 nitrogen and oxygen atoms in total. The third-order valence-electron chi connectivity index (χ3n) is 4.05. The number of hydrogen-bond donors (Lipinski definition) is 3. The number of sulfonamides is 1. The molecule has 1 heterocycles. The lowest BCUT2D eigenvalue weighted by Crippen LogP contribution is -2.32. The van der Waals surface area contributed by atoms with E-state index in [1.807, 2.05) is 0 Å². The molecule has 3 rings (SSSR count). The highest BCUT2D eigenvalue weighted by atomic mass is 35.5. The largest absolute Gasteiger partial charge is 0.481 e. The summed E-state index contributed by atoms with van der Waals surface area (Å²) in [5.74, 6) is -0.133. The van der Waals surface area contributed by atoms with Crippen molar-refractivity contribution < 1.29 is 17.9 Å². The highest BCUT2D eigenvalue weighted by molar-refractivity contribution is 7.92. The third kappa shape index (κ3) is 7.24. The van der Waals surface area contributed by atoms with Crippen LogP contribution in [-0.2, 0) is 14.8 Å². The Balaban J connectivity index is 1.57. The van der Waals surface area contributed by atoms with Gasteiger partial charge in [0, 0.05) is 22.9 Å². The van der Waals surface area contributed by atoms with Gasteiger partial charge in [0.15, 0.2) is 5.11 Å². The third-order valence-corrected chi connectivity index (χ3v) is 5.87. The van der Waals surface area contributed by atoms with Crippen LogP contribution in [0.25, 0.3) is 6.08 Å². The molecule has 3 N–H and O–H groups in total. The molecular formula is C21H18ClN5O4S2. The van der Waals surface area contributed by atoms with Crippen molar-refractivity contribution in [2.75, 3.05) is 17.1 Å². The topological polar surface area (TPSA) is 122 Å². The standard InChI is InChI=1S/C21H18ClN5O4S2/c1-31-20-12-18(23-13-24-20)27-33(29,30)17-9-7-16(8-10-17)25-21(32)26-19(28)11-4-14-2-5-15(22)6-3-14/h2-13H,1H3,(H,23,24,27)(H2,25,26,28,32)/b11-4+. The zero-order valence-electron chi connectivity index (χ0n) is 17.2. The number of ether oxygens (including phenoxy) is 1. The SMILES string of the molecule is COc1cc(NS(=O)(=O)c2ccc(NC(=S)NC(=O)/C=C/c3ccc(Cl)cc3)cc2)ncn1. The van der Waals surface area contributed by atoms with Crippen molar-refractivity contribution in [2.24, 2.45) is 0 Å². The summed E-state index contributed by atoms with van der Waals surface area (Å²) in [5, 5.41) is 5.99. The summed E-state index contributed by atoms with van der Waals surface area (Å²) in [6.45, 7) is 0. The minimum absolute atomic E-state index is 0.00600. The zero-order valence-corrected chi connectivity index (χ0v) is 19.5. The predicted octanol–water partition coefficient (Wildman–Crippen LogP) is 3.47. The van der Waals surface area contributed by atoms with E-state index in [0.29, 0.717) is 10.7 Å². The van der Waals surface area contributed by atoms with Crippen molar-refractivity contribution in [3.05, 3.63) is 77.6 Å². The second kappa shape index (κ2) is 10.9. The molecule has 1 amide bonds. The van der Waals surface area contributed by atoms with Crippen LogP contribution >= 0.6 is 23.8 Å². The number of halogens is 1. The maximum Gasteiger partial charge on any atom is 0.263 e. The van der Waals surface area contributed by atoms with Crippen LogP contribution in [0.1, 0.15) is 5.56 Å². The second-order valence-electron chi connectivity index (χ2n) is 6.40. The fourth-order valence-electron chi connectivity index (χ4n) is 2.48. The summed E-state index contributed by atoms with van der Waals surface area (Å²) >= 11 is 11.0. The first kappa shape index (κ1) is 24.1. The number of benzene rings is 2. The molecule has 0 saturated heterocycles. The monoisotopic (exact) mass is 503 g/mol. The summed E-state index contributed by atoms with van der Waals surface area (Å²) in [6.07, 6.45) is 4.14. The van der Waals surface area contributed by atoms with Crippen LogP contribution in [-0.4, -0.2) is 36.5 Å². The van der Waals surface area contributed by atoms with E-state index >= 15 is 0 Å². The Labute approximate surface area is 200 Å². The minimum Gasteiger partial charge on any atom is -0.481 e. The lowest BCUT2D eigenvalue weighted by molar-refractivity contribution is -0.115. The lowest BCUT2D eigenvalue weighted by atomic mass is 10.2. The minimum atomic E-state index is -3.88. The maximum absolute atomic E-state index is 12.6. The molecule has 0 fully saturated rings. The number of nitrogens with one attached hydrogen (secondary N) is 3. The molecule has 0 aliphatic carbocycles. The maximum atomic E-state index is 12.6. The van der Waals surface area contributed by atoms with Crippen LogP contribution in [0.3, 0.4) is 0 Å². The van der Waals surface area contributed by atoms with Gasteiger partial charge in [-0.05, 0) is 60.3 Å². The molecule has 0 radical (unpaired) electrons. The van der Waals surface area contributed by atoms with Crippen molar-refractivity contribution in [3.63, 3.8) is 0 Å². The molecule has 0 aliphatic rings. The zero-order chi connectivity index (χ0) is 23.8. The van der Waals surface area contributed by atoms with Crippen molar-refractivity contribution in [2.45, 2.75) is 4.90 Å². The molecule has 1 aromatic heterocycles. The predicted molar refractivity (Wildman–Crippen MR) is 131 cm³/mol. The van der Waals surface area contributed by atoms with E-state index in [4.69, 9.17) is 28.6 Å². The second-order valence-corrected chi connectivity index (χ2v) is 8.93. The molecule has 0 unspecified atom stereocenters. The number of carbonyl (C=O) groups excluding carboxylic acids is 1. The summed E-state index contributed by atoms with van der Waals surface area (Å²) < 4.78 is 32.4. The first-order chi connectivity index (χ1) is 15.7. The van der Waals surface area contributed by atoms with Crippen molar-refractivity contribution in [3.8, 4) is 5.88 Å². The Morgan fingerprint density at radius 3 is 2.45 bits per heavy atom. The summed E-state index contributed by atoms with van der Waals surface area (Å²) in [5.41, 5.74) is 1.30. The van der Waals surface area contributed by atoms with Gasteiger partial charge in [-0.25, -0.2) is 18.4 Å². The first-order valence-electron chi connectivity index (χ1n) is 9.30. The van der Waals surface area contributed by atoms with Crippen LogP contribution in [0.5, 0.6) is 5.88 Å². The quantitative estimate of drug-likeness (QED) is 0.331. The van der Waals surface area contributed by atoms with Gasteiger partial charge in [0.05, 0.1) is 12.0 Å². The highest BCUT2D eigenvalue weighted by Crippen LogP contribution is 2.18. The number of carbonyl (C=O) groups is 1. The van der Waals surface area contributed by atoms with E-state index in [9.17, 15) is 13.2 Å². The van der Waals surface area contributed by atoms with E-state index < -0.39 is 15.9 Å². The van der Waals surface area contributed by atoms with Crippen molar-refractivity contribution in [1.29, 1.82) is 0 Å². The van der Waals surface area contributed by atoms with E-state index in [1.54, 1.807) is 30.3 Å². The molecule has 0 bridgehead atoms. The summed E-state index contributed by atoms with van der Waals surface area (Å²) in [4.78, 5) is 19.7. The molecule has 3 aromatic rings. The van der Waals surface area contributed by atoms with E-state index in [2.05, 4.69) is 25.3 Å². The van der Waals surface area contributed by atoms with Crippen LogP contribution in [0, 0.1) is 0 Å². The van der Waals surface area contributed by atoms with Crippen LogP contribution in [0.2, 0.25) is 5.02 Å². The average molecular weight is 504 g/mol. The summed E-state index contributed by atoms with van der Waals surface area (Å²) in [6, 6.07) is 14.1. The van der Waals surface area contributed by atoms with Gasteiger partial charge in [0.1, 0.15) is 12.1 Å². The number of aromatic nitrogens is 2. The Morgan fingerprint density at radius 1 is 1.09 bits per heavy atom. The molecule has 2 aromatic carbocycles. The summed E-state index contributed by atoms with van der Waals surface area (Å²) in [7, 11) is -2.47. The molecule has 33 heavy (non-hydrogen) atoms. The van der Waals surface area contributed by atoms with E-state index in [-0.39, 0.29) is 21.7 Å². The molecule has 0 aliphatic heterocycles. The van der Waals surface area contributed by atoms with Crippen molar-refractivity contribution in [1.82, 2.24) is 15.3 Å². The molecule has 0 saturated carbocycles. The van der Waals surface area contributed by atoms with E-state index in [1.165, 1.54) is 49.8 Å². The Morgan fingerprint density at radius 2 is 1.79 bits per heavy atom. The van der Waals surface area contributed by atoms with Gasteiger partial charge in [-0.3, -0.25) is 14.8 Å². The van der Waals surface area contributed by atoms with Crippen LogP contribution in [0.15, 0.2) is 71.9 Å². The highest BCUT2D eigenvalue weighted by Gasteiger charge is 2.15. The number of rotatable bonds is 7. The number of nitrogens with zero attached hydrogens (tertiary/aromatic N) is 2. The molecule has 12 heteroatoms. The van der Waals surface area contributed by atoms with Gasteiger partial charge < -0.3 is 10.1 Å². The van der Waals surface area contributed by atoms with Gasteiger partial charge in [0.2, 0.25) is 11.8 Å². The average Bonchev–Trinajstić information content (AvgIpc) is 2.79. The first-order valence-corrected chi connectivity index (χ1v) is 11.6. The number of thiocarbonyl (C=S) groups is 1. The van der Waals surface area contributed by atoms with Gasteiger partial charge in [-0.15, -0.1) is 0 Å². The van der Waals surface area contributed by atoms with Gasteiger partial charge in [0.25, 0.3) is 10.0 Å². The molecule has 170 valence electrons. The number of methoxy groups -OCH3 is 1. The van der Waals surface area contributed by atoms with Gasteiger partial charge in [-0.1, -0.05) is 23.7 Å². The van der Waals surface area contributed by atoms with Gasteiger partial charge in [-0.2, -0.15) is 0 Å². The number of anilines is 2. The normalized spacial score (nSPS) is 11.1. The fraction of sp³-hybridized carbons (Fsp3) is 0.0476.